The van der Waals surface area contributed by atoms with Crippen molar-refractivity contribution in [3.8, 4) is 0 Å². The molecule has 19 heavy (non-hydrogen) atoms. The first kappa shape index (κ1) is 13.9. The summed E-state index contributed by atoms with van der Waals surface area (Å²) in [5.74, 6) is -1.79. The lowest BCUT2D eigenvalue weighted by atomic mass is 10.1. The number of halogens is 2. The van der Waals surface area contributed by atoms with E-state index in [-0.39, 0.29) is 25.9 Å². The third-order valence-electron chi connectivity index (χ3n) is 2.95. The van der Waals surface area contributed by atoms with Crippen molar-refractivity contribution in [1.29, 1.82) is 0 Å². The maximum atomic E-state index is 13.5. The number of piperidine rings is 1. The fourth-order valence-corrected chi connectivity index (χ4v) is 3.42. The van der Waals surface area contributed by atoms with Gasteiger partial charge >= 0.3 is 0 Å². The van der Waals surface area contributed by atoms with Gasteiger partial charge in [0.1, 0.15) is 16.5 Å². The zero-order valence-corrected chi connectivity index (χ0v) is 10.7. The minimum atomic E-state index is -4.07. The molecule has 0 unspecified atom stereocenters. The van der Waals surface area contributed by atoms with E-state index in [1.54, 1.807) is 0 Å². The number of nitrogens with zero attached hydrogens (tertiary/aromatic N) is 2. The summed E-state index contributed by atoms with van der Waals surface area (Å²) >= 11 is 0. The molecule has 1 heterocycles. The van der Waals surface area contributed by atoms with Crippen molar-refractivity contribution in [2.45, 2.75) is 17.7 Å². The van der Waals surface area contributed by atoms with Gasteiger partial charge in [0.2, 0.25) is 10.0 Å². The van der Waals surface area contributed by atoms with Crippen molar-refractivity contribution in [3.63, 3.8) is 0 Å². The smallest absolute Gasteiger partial charge is 0.246 e. The normalized spacial score (nSPS) is 17.5. The van der Waals surface area contributed by atoms with E-state index in [0.717, 1.165) is 16.4 Å². The number of hydrogen-bond donors (Lipinski definition) is 1. The molecule has 8 heteroatoms. The Hall–Kier alpha value is -1.54. The van der Waals surface area contributed by atoms with E-state index in [0.29, 0.717) is 11.8 Å². The quantitative estimate of drug-likeness (QED) is 0.664. The lowest BCUT2D eigenvalue weighted by Crippen LogP contribution is -2.39. The molecule has 1 aliphatic heterocycles. The summed E-state index contributed by atoms with van der Waals surface area (Å²) in [5, 5.41) is 11.6. The molecule has 1 N–H and O–H groups in total. The summed E-state index contributed by atoms with van der Waals surface area (Å²) in [4.78, 5) is -0.670. The van der Waals surface area contributed by atoms with Gasteiger partial charge in [-0.25, -0.2) is 17.2 Å². The monoisotopic (exact) mass is 290 g/mol. The van der Waals surface area contributed by atoms with Crippen LogP contribution < -0.4 is 0 Å². The minimum Gasteiger partial charge on any atom is -0.411 e. The standard InChI is InChI=1S/C11H12F2N2O3S/c12-8-1-2-10(13)11(7-8)19(17,18)15-5-3-9(14-16)4-6-15/h1-2,7,16H,3-6H2. The van der Waals surface area contributed by atoms with Crippen LogP contribution in [0.3, 0.4) is 0 Å². The van der Waals surface area contributed by atoms with E-state index in [4.69, 9.17) is 5.21 Å². The van der Waals surface area contributed by atoms with Crippen LogP contribution in [-0.2, 0) is 10.0 Å². The number of oxime groups is 1. The molecule has 5 nitrogen and oxygen atoms in total. The van der Waals surface area contributed by atoms with Crippen LogP contribution in [0.25, 0.3) is 0 Å². The zero-order chi connectivity index (χ0) is 14.0. The van der Waals surface area contributed by atoms with E-state index >= 15 is 0 Å². The summed E-state index contributed by atoms with van der Waals surface area (Å²) < 4.78 is 52.0. The molecule has 0 radical (unpaired) electrons. The van der Waals surface area contributed by atoms with Crippen LogP contribution in [0.2, 0.25) is 0 Å². The molecular formula is C11H12F2N2O3S. The van der Waals surface area contributed by atoms with Gasteiger partial charge in [-0.1, -0.05) is 5.16 Å². The second kappa shape index (κ2) is 5.22. The molecular weight excluding hydrogens is 278 g/mol. The van der Waals surface area contributed by atoms with Crippen LogP contribution >= 0.6 is 0 Å². The predicted octanol–water partition coefficient (Wildman–Crippen LogP) is 1.58. The van der Waals surface area contributed by atoms with E-state index in [9.17, 15) is 17.2 Å². The highest BCUT2D eigenvalue weighted by Gasteiger charge is 2.30. The summed E-state index contributed by atoms with van der Waals surface area (Å²) in [6.45, 7) is 0.162. The Morgan fingerprint density at radius 1 is 1.21 bits per heavy atom. The Morgan fingerprint density at radius 2 is 1.84 bits per heavy atom. The Balaban J connectivity index is 2.31. The SMILES string of the molecule is O=S(=O)(c1cc(F)ccc1F)N1CCC(=NO)CC1. The van der Waals surface area contributed by atoms with Crippen molar-refractivity contribution < 1.29 is 22.4 Å². The first-order valence-corrected chi connectivity index (χ1v) is 7.04. The van der Waals surface area contributed by atoms with E-state index in [1.807, 2.05) is 0 Å². The van der Waals surface area contributed by atoms with E-state index in [2.05, 4.69) is 5.16 Å². The maximum Gasteiger partial charge on any atom is 0.246 e. The fourth-order valence-electron chi connectivity index (χ4n) is 1.90. The lowest BCUT2D eigenvalue weighted by Gasteiger charge is -2.26. The number of rotatable bonds is 2. The highest BCUT2D eigenvalue weighted by Crippen LogP contribution is 2.23. The zero-order valence-electron chi connectivity index (χ0n) is 9.88. The summed E-state index contributed by atoms with van der Waals surface area (Å²) in [7, 11) is -4.07. The van der Waals surface area contributed by atoms with Crippen molar-refractivity contribution in [3.05, 3.63) is 29.8 Å². The third kappa shape index (κ3) is 2.74. The largest absolute Gasteiger partial charge is 0.411 e. The first-order chi connectivity index (χ1) is 8.95. The first-order valence-electron chi connectivity index (χ1n) is 5.60. The summed E-state index contributed by atoms with van der Waals surface area (Å²) in [6, 6.07) is 2.31. The van der Waals surface area contributed by atoms with Crippen LogP contribution in [0.5, 0.6) is 0 Å². The Bertz CT molecular complexity index is 606. The van der Waals surface area contributed by atoms with Gasteiger partial charge in [-0.15, -0.1) is 0 Å². The topological polar surface area (TPSA) is 70.0 Å². The van der Waals surface area contributed by atoms with Gasteiger partial charge in [-0.3, -0.25) is 0 Å². The number of hydrogen-bond acceptors (Lipinski definition) is 4. The van der Waals surface area contributed by atoms with E-state index < -0.39 is 26.6 Å². The van der Waals surface area contributed by atoms with Crippen LogP contribution in [0.4, 0.5) is 8.78 Å². The van der Waals surface area contributed by atoms with Crippen molar-refractivity contribution in [2.24, 2.45) is 5.16 Å². The molecule has 0 atom stereocenters. The predicted molar refractivity (Wildman–Crippen MR) is 63.6 cm³/mol. The highest BCUT2D eigenvalue weighted by atomic mass is 32.2. The van der Waals surface area contributed by atoms with Gasteiger partial charge in [0.25, 0.3) is 0 Å². The molecule has 1 fully saturated rings. The molecule has 0 bridgehead atoms. The average Bonchev–Trinajstić information content (AvgIpc) is 2.41. The fraction of sp³-hybridized carbons (Fsp3) is 0.364. The Labute approximate surface area is 109 Å². The summed E-state index contributed by atoms with van der Waals surface area (Å²) in [5.41, 5.74) is 0.492. The van der Waals surface area contributed by atoms with Crippen LogP contribution in [0.1, 0.15) is 12.8 Å². The molecule has 1 saturated heterocycles. The second-order valence-corrected chi connectivity index (χ2v) is 6.05. The molecule has 0 aliphatic carbocycles. The molecule has 0 aromatic heterocycles. The van der Waals surface area contributed by atoms with Gasteiger partial charge in [-0.05, 0) is 18.2 Å². The molecule has 104 valence electrons. The van der Waals surface area contributed by atoms with Crippen LogP contribution in [-0.4, -0.2) is 36.7 Å². The molecule has 0 amide bonds. The van der Waals surface area contributed by atoms with Gasteiger partial charge < -0.3 is 5.21 Å². The maximum absolute atomic E-state index is 13.5. The lowest BCUT2D eigenvalue weighted by molar-refractivity contribution is 0.309. The summed E-state index contributed by atoms with van der Waals surface area (Å²) in [6.07, 6.45) is 0.541. The van der Waals surface area contributed by atoms with Gasteiger partial charge in [0.15, 0.2) is 0 Å². The third-order valence-corrected chi connectivity index (χ3v) is 4.87. The molecule has 2 rings (SSSR count). The molecule has 1 aromatic rings. The van der Waals surface area contributed by atoms with Gasteiger partial charge in [-0.2, -0.15) is 4.31 Å². The highest BCUT2D eigenvalue weighted by molar-refractivity contribution is 7.89. The van der Waals surface area contributed by atoms with Gasteiger partial charge in [0.05, 0.1) is 5.71 Å². The van der Waals surface area contributed by atoms with Crippen molar-refractivity contribution in [1.82, 2.24) is 4.31 Å². The minimum absolute atomic E-state index is 0.0810. The number of sulfonamides is 1. The van der Waals surface area contributed by atoms with Crippen LogP contribution in [0.15, 0.2) is 28.3 Å². The van der Waals surface area contributed by atoms with Crippen LogP contribution in [0, 0.1) is 11.6 Å². The molecule has 1 aromatic carbocycles. The van der Waals surface area contributed by atoms with Gasteiger partial charge in [0, 0.05) is 25.9 Å². The Kier molecular flexibility index (Phi) is 3.81. The Morgan fingerprint density at radius 3 is 2.42 bits per heavy atom. The molecule has 1 aliphatic rings. The van der Waals surface area contributed by atoms with Crippen molar-refractivity contribution >= 4 is 15.7 Å². The van der Waals surface area contributed by atoms with Crippen molar-refractivity contribution in [2.75, 3.05) is 13.1 Å². The number of benzene rings is 1. The van der Waals surface area contributed by atoms with E-state index in [1.165, 1.54) is 0 Å². The average molecular weight is 290 g/mol. The molecule has 0 saturated carbocycles. The molecule has 0 spiro atoms. The second-order valence-electron chi connectivity index (χ2n) is 4.15.